The van der Waals surface area contributed by atoms with Crippen molar-refractivity contribution in [3.8, 4) is 11.5 Å². The Labute approximate surface area is 142 Å². The van der Waals surface area contributed by atoms with Crippen LogP contribution in [0.1, 0.15) is 22.9 Å². The maximum atomic E-state index is 6.61. The zero-order chi connectivity index (χ0) is 14.8. The monoisotopic (exact) mass is 386 g/mol. The van der Waals surface area contributed by atoms with Gasteiger partial charge in [0.25, 0.3) is 0 Å². The quantitative estimate of drug-likeness (QED) is 0.625. The molecule has 0 radical (unpaired) electrons. The second kappa shape index (κ2) is 6.47. The van der Waals surface area contributed by atoms with Crippen LogP contribution in [0.15, 0.2) is 40.9 Å². The molecule has 0 amide bonds. The third-order valence-corrected chi connectivity index (χ3v) is 4.82. The van der Waals surface area contributed by atoms with Gasteiger partial charge in [-0.25, -0.2) is 0 Å². The van der Waals surface area contributed by atoms with Gasteiger partial charge in [-0.15, -0.1) is 11.6 Å². The Hall–Kier alpha value is -0.900. The zero-order valence-electron chi connectivity index (χ0n) is 11.1. The standard InChI is InChI=1S/C16H13BrCl2O2/c17-12-9-15-14(20-6-3-7-21-15)8-11(12)16(19)10-4-1-2-5-13(10)18/h1-2,4-5,8-9,16H,3,6-7H2. The van der Waals surface area contributed by atoms with Crippen molar-refractivity contribution in [1.82, 2.24) is 0 Å². The summed E-state index contributed by atoms with van der Waals surface area (Å²) in [5, 5.41) is 0.293. The maximum Gasteiger partial charge on any atom is 0.162 e. The fourth-order valence-corrected chi connectivity index (χ4v) is 3.60. The van der Waals surface area contributed by atoms with Gasteiger partial charge in [-0.1, -0.05) is 45.7 Å². The molecule has 2 aromatic rings. The van der Waals surface area contributed by atoms with Crippen LogP contribution in [-0.4, -0.2) is 13.2 Å². The van der Waals surface area contributed by atoms with Gasteiger partial charge < -0.3 is 9.47 Å². The molecule has 110 valence electrons. The molecular weight excluding hydrogens is 375 g/mol. The summed E-state index contributed by atoms with van der Waals surface area (Å²) in [5.41, 5.74) is 1.78. The highest BCUT2D eigenvalue weighted by Crippen LogP contribution is 2.42. The predicted octanol–water partition coefficient (Wildman–Crippen LogP) is 5.59. The van der Waals surface area contributed by atoms with E-state index in [9.17, 15) is 0 Å². The van der Waals surface area contributed by atoms with Crippen molar-refractivity contribution < 1.29 is 9.47 Å². The van der Waals surface area contributed by atoms with Gasteiger partial charge in [-0.2, -0.15) is 0 Å². The highest BCUT2D eigenvalue weighted by molar-refractivity contribution is 9.10. The molecule has 0 spiro atoms. The average molecular weight is 388 g/mol. The van der Waals surface area contributed by atoms with Gasteiger partial charge in [-0.3, -0.25) is 0 Å². The van der Waals surface area contributed by atoms with Gasteiger partial charge in [-0.05, 0) is 29.3 Å². The summed E-state index contributed by atoms with van der Waals surface area (Å²) >= 11 is 16.4. The summed E-state index contributed by atoms with van der Waals surface area (Å²) < 4.78 is 12.3. The van der Waals surface area contributed by atoms with E-state index in [1.807, 2.05) is 36.4 Å². The molecule has 1 aliphatic rings. The number of benzene rings is 2. The fraction of sp³-hybridized carbons (Fsp3) is 0.250. The van der Waals surface area contributed by atoms with E-state index in [1.165, 1.54) is 0 Å². The number of rotatable bonds is 2. The lowest BCUT2D eigenvalue weighted by molar-refractivity contribution is 0.297. The van der Waals surface area contributed by atoms with Crippen LogP contribution in [-0.2, 0) is 0 Å². The van der Waals surface area contributed by atoms with E-state index in [2.05, 4.69) is 15.9 Å². The van der Waals surface area contributed by atoms with Gasteiger partial charge in [0.1, 0.15) is 0 Å². The van der Waals surface area contributed by atoms with E-state index in [-0.39, 0.29) is 5.38 Å². The van der Waals surface area contributed by atoms with Crippen LogP contribution < -0.4 is 9.47 Å². The first-order valence-electron chi connectivity index (χ1n) is 6.64. The predicted molar refractivity (Wildman–Crippen MR) is 88.9 cm³/mol. The molecule has 0 N–H and O–H groups in total. The Morgan fingerprint density at radius 2 is 1.67 bits per heavy atom. The molecule has 0 aliphatic carbocycles. The molecule has 1 heterocycles. The molecule has 0 bridgehead atoms. The molecule has 0 aromatic heterocycles. The Morgan fingerprint density at radius 1 is 1.00 bits per heavy atom. The molecule has 1 unspecified atom stereocenters. The third kappa shape index (κ3) is 3.15. The van der Waals surface area contributed by atoms with Crippen LogP contribution in [0.5, 0.6) is 11.5 Å². The highest BCUT2D eigenvalue weighted by Gasteiger charge is 2.21. The summed E-state index contributed by atoms with van der Waals surface area (Å²) in [7, 11) is 0. The molecular formula is C16H13BrCl2O2. The topological polar surface area (TPSA) is 18.5 Å². The van der Waals surface area contributed by atoms with E-state index in [1.54, 1.807) is 0 Å². The van der Waals surface area contributed by atoms with Gasteiger partial charge in [0.2, 0.25) is 0 Å². The van der Waals surface area contributed by atoms with Crippen LogP contribution >= 0.6 is 39.1 Å². The minimum Gasteiger partial charge on any atom is -0.490 e. The van der Waals surface area contributed by atoms with E-state index in [4.69, 9.17) is 32.7 Å². The second-order valence-electron chi connectivity index (χ2n) is 4.76. The summed E-state index contributed by atoms with van der Waals surface area (Å²) in [6, 6.07) is 11.4. The SMILES string of the molecule is Clc1ccccc1C(Cl)c1cc2c(cc1Br)OCCCO2. The van der Waals surface area contributed by atoms with Crippen molar-refractivity contribution in [3.63, 3.8) is 0 Å². The molecule has 5 heteroatoms. The summed E-state index contributed by atoms with van der Waals surface area (Å²) in [4.78, 5) is 0. The first-order valence-corrected chi connectivity index (χ1v) is 8.25. The number of ether oxygens (including phenoxy) is 2. The maximum absolute atomic E-state index is 6.61. The molecule has 1 atom stereocenters. The van der Waals surface area contributed by atoms with Crippen LogP contribution in [0.3, 0.4) is 0 Å². The van der Waals surface area contributed by atoms with Crippen LogP contribution in [0.4, 0.5) is 0 Å². The molecule has 2 nitrogen and oxygen atoms in total. The van der Waals surface area contributed by atoms with Crippen molar-refractivity contribution in [2.45, 2.75) is 11.8 Å². The van der Waals surface area contributed by atoms with Gasteiger partial charge in [0.05, 0.1) is 18.6 Å². The summed E-state index contributed by atoms with van der Waals surface area (Å²) in [5.74, 6) is 1.47. The lowest BCUT2D eigenvalue weighted by Crippen LogP contribution is -1.99. The first kappa shape index (κ1) is 15.0. The smallest absolute Gasteiger partial charge is 0.162 e. The van der Waals surface area contributed by atoms with Gasteiger partial charge in [0, 0.05) is 15.9 Å². The van der Waals surface area contributed by atoms with E-state index in [0.29, 0.717) is 18.2 Å². The first-order chi connectivity index (χ1) is 10.2. The Kier molecular flexibility index (Phi) is 4.63. The van der Waals surface area contributed by atoms with E-state index < -0.39 is 0 Å². The van der Waals surface area contributed by atoms with Crippen LogP contribution in [0, 0.1) is 0 Å². The Morgan fingerprint density at radius 3 is 2.38 bits per heavy atom. The van der Waals surface area contributed by atoms with E-state index in [0.717, 1.165) is 33.5 Å². The van der Waals surface area contributed by atoms with Crippen molar-refractivity contribution in [2.75, 3.05) is 13.2 Å². The normalized spacial score (nSPS) is 15.4. The summed E-state index contributed by atoms with van der Waals surface area (Å²) in [6.45, 7) is 1.31. The van der Waals surface area contributed by atoms with Crippen molar-refractivity contribution in [3.05, 3.63) is 57.0 Å². The minimum atomic E-state index is -0.356. The lowest BCUT2D eigenvalue weighted by atomic mass is 10.0. The van der Waals surface area contributed by atoms with Crippen molar-refractivity contribution >= 4 is 39.1 Å². The molecule has 0 fully saturated rings. The molecule has 2 aromatic carbocycles. The Bertz CT molecular complexity index is 661. The lowest BCUT2D eigenvalue weighted by Gasteiger charge is -2.16. The number of hydrogen-bond acceptors (Lipinski definition) is 2. The largest absolute Gasteiger partial charge is 0.490 e. The molecule has 3 rings (SSSR count). The second-order valence-corrected chi connectivity index (χ2v) is 6.45. The van der Waals surface area contributed by atoms with Gasteiger partial charge >= 0.3 is 0 Å². The molecule has 21 heavy (non-hydrogen) atoms. The Balaban J connectivity index is 2.02. The number of hydrogen-bond donors (Lipinski definition) is 0. The number of alkyl halides is 1. The molecule has 1 aliphatic heterocycles. The van der Waals surface area contributed by atoms with Crippen molar-refractivity contribution in [1.29, 1.82) is 0 Å². The zero-order valence-corrected chi connectivity index (χ0v) is 14.2. The van der Waals surface area contributed by atoms with Crippen LogP contribution in [0.2, 0.25) is 5.02 Å². The average Bonchev–Trinajstić information content (AvgIpc) is 2.71. The fourth-order valence-electron chi connectivity index (χ4n) is 2.24. The molecule has 0 saturated carbocycles. The number of fused-ring (bicyclic) bond motifs is 1. The highest BCUT2D eigenvalue weighted by atomic mass is 79.9. The molecule has 0 saturated heterocycles. The number of halogens is 3. The minimum absolute atomic E-state index is 0.356. The van der Waals surface area contributed by atoms with Crippen molar-refractivity contribution in [2.24, 2.45) is 0 Å². The summed E-state index contributed by atoms with van der Waals surface area (Å²) in [6.07, 6.45) is 0.871. The van der Waals surface area contributed by atoms with Gasteiger partial charge in [0.15, 0.2) is 11.5 Å². The third-order valence-electron chi connectivity index (χ3n) is 3.32. The van der Waals surface area contributed by atoms with E-state index >= 15 is 0 Å². The van der Waals surface area contributed by atoms with Crippen LogP contribution in [0.25, 0.3) is 0 Å².